The molecule has 0 saturated carbocycles. The fraction of sp³-hybridized carbons (Fsp3) is 0.400. The molecule has 1 aromatic carbocycles. The van der Waals surface area contributed by atoms with Gasteiger partial charge in [-0.05, 0) is 26.0 Å². The summed E-state index contributed by atoms with van der Waals surface area (Å²) in [6.07, 6.45) is 1.69. The van der Waals surface area contributed by atoms with Crippen molar-refractivity contribution in [3.63, 3.8) is 0 Å². The maximum atomic E-state index is 9.06. The van der Waals surface area contributed by atoms with E-state index in [1.165, 1.54) is 0 Å². The lowest BCUT2D eigenvalue weighted by molar-refractivity contribution is 0.158. The molecule has 1 heterocycles. The number of aliphatic hydroxyl groups excluding tert-OH is 1. The van der Waals surface area contributed by atoms with E-state index in [0.29, 0.717) is 25.0 Å². The smallest absolute Gasteiger partial charge is 0.226 e. The lowest BCUT2D eigenvalue weighted by Crippen LogP contribution is -2.33. The maximum Gasteiger partial charge on any atom is 0.226 e. The Morgan fingerprint density at radius 1 is 1.26 bits per heavy atom. The molecule has 0 unspecified atom stereocenters. The first-order valence-electron chi connectivity index (χ1n) is 6.55. The molecule has 0 aliphatic rings. The fourth-order valence-electron chi connectivity index (χ4n) is 1.95. The molecule has 0 bridgehead atoms. The van der Waals surface area contributed by atoms with Gasteiger partial charge < -0.3 is 9.52 Å². The zero-order valence-corrected chi connectivity index (χ0v) is 11.4. The molecule has 2 rings (SSSR count). The summed E-state index contributed by atoms with van der Waals surface area (Å²) in [6.45, 7) is 5.70. The van der Waals surface area contributed by atoms with Gasteiger partial charge in [-0.3, -0.25) is 4.90 Å². The molecule has 4 heteroatoms. The SMILES string of the molecule is CC(C)N(CCO)Cc1coc(-c2ccccc2)n1. The number of hydrogen-bond acceptors (Lipinski definition) is 4. The van der Waals surface area contributed by atoms with E-state index in [1.54, 1.807) is 6.26 Å². The van der Waals surface area contributed by atoms with Crippen LogP contribution in [0.1, 0.15) is 19.5 Å². The van der Waals surface area contributed by atoms with E-state index in [4.69, 9.17) is 9.52 Å². The minimum absolute atomic E-state index is 0.154. The molecule has 4 nitrogen and oxygen atoms in total. The summed E-state index contributed by atoms with van der Waals surface area (Å²) in [5.74, 6) is 0.642. The summed E-state index contributed by atoms with van der Waals surface area (Å²) in [5.41, 5.74) is 1.87. The number of benzene rings is 1. The van der Waals surface area contributed by atoms with E-state index in [1.807, 2.05) is 30.3 Å². The predicted octanol–water partition coefficient (Wildman–Crippen LogP) is 2.54. The summed E-state index contributed by atoms with van der Waals surface area (Å²) in [4.78, 5) is 6.65. The third-order valence-corrected chi connectivity index (χ3v) is 3.06. The summed E-state index contributed by atoms with van der Waals surface area (Å²) in [5, 5.41) is 9.06. The van der Waals surface area contributed by atoms with Crippen LogP contribution in [-0.4, -0.2) is 34.2 Å². The van der Waals surface area contributed by atoms with Crippen LogP contribution in [0.15, 0.2) is 41.0 Å². The van der Waals surface area contributed by atoms with Gasteiger partial charge in [-0.2, -0.15) is 0 Å². The van der Waals surface area contributed by atoms with Crippen LogP contribution in [0, 0.1) is 0 Å². The number of rotatable bonds is 6. The van der Waals surface area contributed by atoms with Crippen LogP contribution < -0.4 is 0 Å². The molecular formula is C15H20N2O2. The molecule has 0 saturated heterocycles. The third kappa shape index (κ3) is 3.66. The van der Waals surface area contributed by atoms with Crippen LogP contribution in [0.4, 0.5) is 0 Å². The van der Waals surface area contributed by atoms with Crippen LogP contribution in [0.5, 0.6) is 0 Å². The lowest BCUT2D eigenvalue weighted by Gasteiger charge is -2.24. The fourth-order valence-corrected chi connectivity index (χ4v) is 1.95. The molecule has 0 amide bonds. The Kier molecular flexibility index (Phi) is 4.71. The Morgan fingerprint density at radius 2 is 2.00 bits per heavy atom. The summed E-state index contributed by atoms with van der Waals surface area (Å²) >= 11 is 0. The summed E-state index contributed by atoms with van der Waals surface area (Å²) in [7, 11) is 0. The molecule has 102 valence electrons. The van der Waals surface area contributed by atoms with Gasteiger partial charge in [0.05, 0.1) is 12.3 Å². The maximum absolute atomic E-state index is 9.06. The van der Waals surface area contributed by atoms with Gasteiger partial charge >= 0.3 is 0 Å². The van der Waals surface area contributed by atoms with Crippen molar-refractivity contribution < 1.29 is 9.52 Å². The van der Waals surface area contributed by atoms with E-state index in [2.05, 4.69) is 23.7 Å². The van der Waals surface area contributed by atoms with Gasteiger partial charge in [0, 0.05) is 24.7 Å². The number of aliphatic hydroxyl groups is 1. The van der Waals surface area contributed by atoms with Gasteiger partial charge in [-0.25, -0.2) is 4.98 Å². The van der Waals surface area contributed by atoms with Crippen LogP contribution in [0.2, 0.25) is 0 Å². The van der Waals surface area contributed by atoms with Gasteiger partial charge in [0.2, 0.25) is 5.89 Å². The predicted molar refractivity (Wildman–Crippen MR) is 74.6 cm³/mol. The van der Waals surface area contributed by atoms with Gasteiger partial charge in [-0.1, -0.05) is 18.2 Å². The zero-order valence-electron chi connectivity index (χ0n) is 11.4. The molecule has 0 aliphatic heterocycles. The van der Waals surface area contributed by atoms with E-state index in [-0.39, 0.29) is 6.61 Å². The van der Waals surface area contributed by atoms with E-state index >= 15 is 0 Å². The van der Waals surface area contributed by atoms with Gasteiger partial charge in [-0.15, -0.1) is 0 Å². The minimum Gasteiger partial charge on any atom is -0.444 e. The monoisotopic (exact) mass is 260 g/mol. The van der Waals surface area contributed by atoms with E-state index in [0.717, 1.165) is 11.3 Å². The molecule has 0 spiro atoms. The quantitative estimate of drug-likeness (QED) is 0.867. The number of hydrogen-bond donors (Lipinski definition) is 1. The average Bonchev–Trinajstić information content (AvgIpc) is 2.88. The first kappa shape index (κ1) is 13.8. The molecule has 2 aromatic rings. The van der Waals surface area contributed by atoms with Gasteiger partial charge in [0.15, 0.2) is 0 Å². The Morgan fingerprint density at radius 3 is 2.63 bits per heavy atom. The van der Waals surface area contributed by atoms with Crippen molar-refractivity contribution in [3.05, 3.63) is 42.3 Å². The number of aromatic nitrogens is 1. The molecule has 0 radical (unpaired) electrons. The second-order valence-electron chi connectivity index (χ2n) is 4.80. The summed E-state index contributed by atoms with van der Waals surface area (Å²) in [6, 6.07) is 10.2. The molecule has 1 aromatic heterocycles. The average molecular weight is 260 g/mol. The normalized spacial score (nSPS) is 11.4. The van der Waals surface area contributed by atoms with Crippen molar-refractivity contribution in [2.24, 2.45) is 0 Å². The van der Waals surface area contributed by atoms with Crippen molar-refractivity contribution in [1.82, 2.24) is 9.88 Å². The topological polar surface area (TPSA) is 49.5 Å². The number of oxazole rings is 1. The highest BCUT2D eigenvalue weighted by atomic mass is 16.3. The first-order chi connectivity index (χ1) is 9.20. The summed E-state index contributed by atoms with van der Waals surface area (Å²) < 4.78 is 5.51. The molecular weight excluding hydrogens is 240 g/mol. The highest BCUT2D eigenvalue weighted by molar-refractivity contribution is 5.52. The van der Waals surface area contributed by atoms with Crippen LogP contribution >= 0.6 is 0 Å². The van der Waals surface area contributed by atoms with Crippen LogP contribution in [-0.2, 0) is 6.54 Å². The minimum atomic E-state index is 0.154. The van der Waals surface area contributed by atoms with Gasteiger partial charge in [0.1, 0.15) is 6.26 Å². The van der Waals surface area contributed by atoms with Crippen molar-refractivity contribution in [3.8, 4) is 11.5 Å². The molecule has 0 aliphatic carbocycles. The van der Waals surface area contributed by atoms with E-state index < -0.39 is 0 Å². The first-order valence-corrected chi connectivity index (χ1v) is 6.55. The standard InChI is InChI=1S/C15H20N2O2/c1-12(2)17(8-9-18)10-14-11-19-15(16-14)13-6-4-3-5-7-13/h3-7,11-12,18H,8-10H2,1-2H3. The Labute approximate surface area is 113 Å². The Bertz CT molecular complexity index is 494. The van der Waals surface area contributed by atoms with Gasteiger partial charge in [0.25, 0.3) is 0 Å². The van der Waals surface area contributed by atoms with Crippen molar-refractivity contribution >= 4 is 0 Å². The molecule has 0 fully saturated rings. The van der Waals surface area contributed by atoms with E-state index in [9.17, 15) is 0 Å². The van der Waals surface area contributed by atoms with Crippen molar-refractivity contribution in [2.45, 2.75) is 26.4 Å². The largest absolute Gasteiger partial charge is 0.444 e. The molecule has 19 heavy (non-hydrogen) atoms. The molecule has 0 atom stereocenters. The van der Waals surface area contributed by atoms with Crippen molar-refractivity contribution in [2.75, 3.05) is 13.2 Å². The second-order valence-corrected chi connectivity index (χ2v) is 4.80. The Balaban J connectivity index is 2.09. The van der Waals surface area contributed by atoms with Crippen LogP contribution in [0.25, 0.3) is 11.5 Å². The second kappa shape index (κ2) is 6.50. The lowest BCUT2D eigenvalue weighted by atomic mass is 10.2. The number of nitrogens with zero attached hydrogens (tertiary/aromatic N) is 2. The highest BCUT2D eigenvalue weighted by Crippen LogP contribution is 2.19. The van der Waals surface area contributed by atoms with Crippen molar-refractivity contribution in [1.29, 1.82) is 0 Å². The molecule has 1 N–H and O–H groups in total. The van der Waals surface area contributed by atoms with Crippen LogP contribution in [0.3, 0.4) is 0 Å². The third-order valence-electron chi connectivity index (χ3n) is 3.06. The Hall–Kier alpha value is -1.65. The zero-order chi connectivity index (χ0) is 13.7. The highest BCUT2D eigenvalue weighted by Gasteiger charge is 2.13.